The van der Waals surface area contributed by atoms with Crippen LogP contribution in [0.15, 0.2) is 54.6 Å². The fourth-order valence-corrected chi connectivity index (χ4v) is 3.33. The normalized spacial score (nSPS) is 10.6. The third-order valence-corrected chi connectivity index (χ3v) is 4.91. The van der Waals surface area contributed by atoms with Crippen molar-refractivity contribution in [2.24, 2.45) is 0 Å². The number of ether oxygens (including phenoxy) is 2. The average Bonchev–Trinajstić information content (AvgIpc) is 2.72. The molecule has 0 aliphatic rings. The van der Waals surface area contributed by atoms with Crippen LogP contribution in [-0.4, -0.2) is 18.2 Å². The van der Waals surface area contributed by atoms with Crippen LogP contribution in [0.1, 0.15) is 36.5 Å². The van der Waals surface area contributed by atoms with Crippen LogP contribution in [0, 0.1) is 13.8 Å². The van der Waals surface area contributed by atoms with Crippen LogP contribution < -0.4 is 20.1 Å². The van der Waals surface area contributed by atoms with Crippen LogP contribution in [0.3, 0.4) is 0 Å². The van der Waals surface area contributed by atoms with Crippen LogP contribution in [0.4, 0.5) is 16.2 Å². The summed E-state index contributed by atoms with van der Waals surface area (Å²) in [5.74, 6) is 2.55. The first-order valence-electron chi connectivity index (χ1n) is 10.1. The number of rotatable bonds is 6. The molecule has 0 aliphatic carbocycles. The van der Waals surface area contributed by atoms with E-state index in [1.807, 2.05) is 45.9 Å². The molecule has 0 spiro atoms. The predicted molar refractivity (Wildman–Crippen MR) is 124 cm³/mol. The Labute approximate surface area is 182 Å². The zero-order valence-electron chi connectivity index (χ0n) is 18.4. The first-order chi connectivity index (χ1) is 14.8. The number of urea groups is 1. The molecule has 0 saturated heterocycles. The molecule has 0 aromatic heterocycles. The second-order valence-electron chi connectivity index (χ2n) is 7.72. The van der Waals surface area contributed by atoms with Crippen molar-refractivity contribution in [3.05, 3.63) is 71.3 Å². The SMILES string of the molecule is COc1ccc(NC(=O)Nc2cc(C)c(Oc3ccc(O)c(C(C)C)c3)c(C)c2)cc1. The predicted octanol–water partition coefficient (Wildman–Crippen LogP) is 6.58. The molecular formula is C25H28N2O4. The fourth-order valence-electron chi connectivity index (χ4n) is 3.33. The molecule has 6 nitrogen and oxygen atoms in total. The van der Waals surface area contributed by atoms with E-state index in [-0.39, 0.29) is 17.7 Å². The molecule has 31 heavy (non-hydrogen) atoms. The van der Waals surface area contributed by atoms with Crippen LogP contribution in [0.5, 0.6) is 23.0 Å². The third kappa shape index (κ3) is 5.48. The van der Waals surface area contributed by atoms with E-state index < -0.39 is 0 Å². The van der Waals surface area contributed by atoms with E-state index in [2.05, 4.69) is 10.6 Å². The molecular weight excluding hydrogens is 392 g/mol. The van der Waals surface area contributed by atoms with Crippen molar-refractivity contribution < 1.29 is 19.4 Å². The van der Waals surface area contributed by atoms with Gasteiger partial charge in [0.25, 0.3) is 0 Å². The van der Waals surface area contributed by atoms with E-state index in [9.17, 15) is 9.90 Å². The molecule has 6 heteroatoms. The van der Waals surface area contributed by atoms with Gasteiger partial charge in [-0.05, 0) is 85.5 Å². The number of phenolic OH excluding ortho intramolecular Hbond substituents is 1. The van der Waals surface area contributed by atoms with Crippen molar-refractivity contribution in [1.82, 2.24) is 0 Å². The molecule has 162 valence electrons. The van der Waals surface area contributed by atoms with E-state index in [1.54, 1.807) is 43.5 Å². The molecule has 3 aromatic carbocycles. The first-order valence-corrected chi connectivity index (χ1v) is 10.1. The summed E-state index contributed by atoms with van der Waals surface area (Å²) < 4.78 is 11.2. The highest BCUT2D eigenvalue weighted by Gasteiger charge is 2.12. The Morgan fingerprint density at radius 1 is 0.871 bits per heavy atom. The standard InChI is InChI=1S/C25H28N2O4/c1-15(2)22-14-21(10-11-23(22)28)31-24-16(3)12-19(13-17(24)4)27-25(29)26-18-6-8-20(30-5)9-7-18/h6-15,28H,1-5H3,(H2,26,27,29). The number of aromatic hydroxyl groups is 1. The van der Waals surface area contributed by atoms with Crippen molar-refractivity contribution in [3.63, 3.8) is 0 Å². The van der Waals surface area contributed by atoms with E-state index >= 15 is 0 Å². The molecule has 0 heterocycles. The number of methoxy groups -OCH3 is 1. The van der Waals surface area contributed by atoms with Gasteiger partial charge in [0.2, 0.25) is 0 Å². The first kappa shape index (κ1) is 22.0. The molecule has 0 atom stereocenters. The summed E-state index contributed by atoms with van der Waals surface area (Å²) >= 11 is 0. The van der Waals surface area contributed by atoms with Crippen molar-refractivity contribution in [2.45, 2.75) is 33.6 Å². The minimum Gasteiger partial charge on any atom is -0.508 e. The molecule has 2 amide bonds. The highest BCUT2D eigenvalue weighted by atomic mass is 16.5. The maximum atomic E-state index is 12.4. The zero-order chi connectivity index (χ0) is 22.5. The van der Waals surface area contributed by atoms with Gasteiger partial charge in [0, 0.05) is 16.9 Å². The van der Waals surface area contributed by atoms with Crippen LogP contribution in [-0.2, 0) is 0 Å². The smallest absolute Gasteiger partial charge is 0.323 e. The Bertz CT molecular complexity index is 1050. The highest BCUT2D eigenvalue weighted by molar-refractivity contribution is 6.00. The van der Waals surface area contributed by atoms with Gasteiger partial charge in [-0.15, -0.1) is 0 Å². The summed E-state index contributed by atoms with van der Waals surface area (Å²) in [7, 11) is 1.60. The van der Waals surface area contributed by atoms with Crippen LogP contribution in [0.2, 0.25) is 0 Å². The molecule has 3 aromatic rings. The van der Waals surface area contributed by atoms with Crippen molar-refractivity contribution in [2.75, 3.05) is 17.7 Å². The van der Waals surface area contributed by atoms with Gasteiger partial charge < -0.3 is 25.2 Å². The van der Waals surface area contributed by atoms with Gasteiger partial charge in [-0.1, -0.05) is 13.8 Å². The number of benzene rings is 3. The Morgan fingerprint density at radius 3 is 2.03 bits per heavy atom. The van der Waals surface area contributed by atoms with Crippen molar-refractivity contribution in [3.8, 4) is 23.0 Å². The quantitative estimate of drug-likeness (QED) is 0.421. The van der Waals surface area contributed by atoms with E-state index in [0.717, 1.165) is 28.2 Å². The number of nitrogens with one attached hydrogen (secondary N) is 2. The van der Waals surface area contributed by atoms with Gasteiger partial charge >= 0.3 is 6.03 Å². The molecule has 0 aliphatic heterocycles. The van der Waals surface area contributed by atoms with Gasteiger partial charge in [0.05, 0.1) is 7.11 Å². The fraction of sp³-hybridized carbons (Fsp3) is 0.240. The summed E-state index contributed by atoms with van der Waals surface area (Å²) in [5, 5.41) is 15.7. The molecule has 0 bridgehead atoms. The molecule has 0 saturated carbocycles. The number of anilines is 2. The monoisotopic (exact) mass is 420 g/mol. The van der Waals surface area contributed by atoms with E-state index in [1.165, 1.54) is 0 Å². The number of phenols is 1. The minimum atomic E-state index is -0.335. The van der Waals surface area contributed by atoms with E-state index in [4.69, 9.17) is 9.47 Å². The lowest BCUT2D eigenvalue weighted by molar-refractivity contribution is 0.262. The summed E-state index contributed by atoms with van der Waals surface area (Å²) in [6, 6.07) is 15.7. The van der Waals surface area contributed by atoms with Gasteiger partial charge in [0.15, 0.2) is 0 Å². The second-order valence-corrected chi connectivity index (χ2v) is 7.72. The van der Waals surface area contributed by atoms with Gasteiger partial charge in [-0.2, -0.15) is 0 Å². The number of aryl methyl sites for hydroxylation is 2. The largest absolute Gasteiger partial charge is 0.508 e. The Morgan fingerprint density at radius 2 is 1.45 bits per heavy atom. The Hall–Kier alpha value is -3.67. The van der Waals surface area contributed by atoms with Crippen molar-refractivity contribution in [1.29, 1.82) is 0 Å². The number of hydrogen-bond donors (Lipinski definition) is 3. The highest BCUT2D eigenvalue weighted by Crippen LogP contribution is 2.35. The maximum absolute atomic E-state index is 12.4. The van der Waals surface area contributed by atoms with Gasteiger partial charge in [-0.3, -0.25) is 0 Å². The summed E-state index contributed by atoms with van der Waals surface area (Å²) in [5.41, 5.74) is 3.95. The molecule has 3 rings (SSSR count). The summed E-state index contributed by atoms with van der Waals surface area (Å²) in [4.78, 5) is 12.4. The molecule has 0 fully saturated rings. The topological polar surface area (TPSA) is 79.8 Å². The van der Waals surface area contributed by atoms with Gasteiger partial charge in [-0.25, -0.2) is 4.79 Å². The third-order valence-electron chi connectivity index (χ3n) is 4.91. The lowest BCUT2D eigenvalue weighted by Crippen LogP contribution is -2.19. The van der Waals surface area contributed by atoms with E-state index in [0.29, 0.717) is 17.1 Å². The Balaban J connectivity index is 1.72. The lowest BCUT2D eigenvalue weighted by Gasteiger charge is -2.16. The zero-order valence-corrected chi connectivity index (χ0v) is 18.4. The summed E-state index contributed by atoms with van der Waals surface area (Å²) in [6.07, 6.45) is 0. The lowest BCUT2D eigenvalue weighted by atomic mass is 10.0. The molecule has 0 unspecified atom stereocenters. The summed E-state index contributed by atoms with van der Waals surface area (Å²) in [6.45, 7) is 7.90. The number of amides is 2. The van der Waals surface area contributed by atoms with Crippen LogP contribution in [0.25, 0.3) is 0 Å². The van der Waals surface area contributed by atoms with Crippen molar-refractivity contribution >= 4 is 17.4 Å². The number of carbonyl (C=O) groups is 1. The molecule has 3 N–H and O–H groups in total. The number of hydrogen-bond acceptors (Lipinski definition) is 4. The second kappa shape index (κ2) is 9.43. The van der Waals surface area contributed by atoms with Crippen LogP contribution >= 0.6 is 0 Å². The number of carbonyl (C=O) groups excluding carboxylic acids is 1. The average molecular weight is 421 g/mol. The molecule has 0 radical (unpaired) electrons. The Kier molecular flexibility index (Phi) is 6.70. The van der Waals surface area contributed by atoms with Gasteiger partial charge in [0.1, 0.15) is 23.0 Å². The maximum Gasteiger partial charge on any atom is 0.323 e. The minimum absolute atomic E-state index is 0.182.